The van der Waals surface area contributed by atoms with E-state index in [1.54, 1.807) is 23.0 Å². The maximum absolute atomic E-state index is 11.1. The number of nitrogens with zero attached hydrogens (tertiary/aromatic N) is 6. The second-order valence-corrected chi connectivity index (χ2v) is 9.33. The molecule has 0 N–H and O–H groups in total. The fraction of sp³-hybridized carbons (Fsp3) is 0.0606. The maximum Gasteiger partial charge on any atom is 0.240 e. The van der Waals surface area contributed by atoms with Crippen LogP contribution in [0.3, 0.4) is 0 Å². The SMILES string of the molecule is Cc1ccc(-c2ccc(N=C=O)cc2-c2nnn(C(c3ccccc3)(c3ccccc3)c3ccccc3)n2)cn1. The number of rotatable bonds is 7. The number of tetrazole rings is 1. The van der Waals surface area contributed by atoms with Crippen LogP contribution in [0, 0.1) is 6.92 Å². The molecule has 0 saturated carbocycles. The minimum absolute atomic E-state index is 0.394. The van der Waals surface area contributed by atoms with Crippen molar-refractivity contribution in [3.05, 3.63) is 150 Å². The molecule has 0 aliphatic carbocycles. The highest BCUT2D eigenvalue weighted by Gasteiger charge is 2.41. The van der Waals surface area contributed by atoms with Crippen LogP contribution < -0.4 is 0 Å². The van der Waals surface area contributed by atoms with Crippen LogP contribution in [0.15, 0.2) is 133 Å². The zero-order chi connectivity index (χ0) is 27.4. The number of hydrogen-bond donors (Lipinski definition) is 0. The molecule has 6 aromatic rings. The van der Waals surface area contributed by atoms with Gasteiger partial charge in [0.05, 0.1) is 5.69 Å². The van der Waals surface area contributed by atoms with Crippen molar-refractivity contribution in [3.8, 4) is 22.5 Å². The van der Waals surface area contributed by atoms with E-state index in [4.69, 9.17) is 5.10 Å². The van der Waals surface area contributed by atoms with Crippen molar-refractivity contribution in [2.24, 2.45) is 4.99 Å². The highest BCUT2D eigenvalue weighted by Crippen LogP contribution is 2.40. The van der Waals surface area contributed by atoms with Crippen molar-refractivity contribution in [2.75, 3.05) is 0 Å². The van der Waals surface area contributed by atoms with Gasteiger partial charge in [-0.1, -0.05) is 103 Å². The van der Waals surface area contributed by atoms with Gasteiger partial charge in [0.25, 0.3) is 0 Å². The summed E-state index contributed by atoms with van der Waals surface area (Å²) < 4.78 is 0. The minimum Gasteiger partial charge on any atom is -0.261 e. The summed E-state index contributed by atoms with van der Waals surface area (Å²) in [5, 5.41) is 14.2. The van der Waals surface area contributed by atoms with Crippen molar-refractivity contribution < 1.29 is 4.79 Å². The van der Waals surface area contributed by atoms with Gasteiger partial charge in [-0.25, -0.2) is 4.79 Å². The minimum atomic E-state index is -0.904. The molecule has 0 aliphatic rings. The summed E-state index contributed by atoms with van der Waals surface area (Å²) in [7, 11) is 0. The Bertz CT molecular complexity index is 1700. The van der Waals surface area contributed by atoms with Crippen LogP contribution in [0.25, 0.3) is 22.5 Å². The average Bonchev–Trinajstić information content (AvgIpc) is 3.50. The zero-order valence-electron chi connectivity index (χ0n) is 21.7. The first-order valence-electron chi connectivity index (χ1n) is 12.8. The summed E-state index contributed by atoms with van der Waals surface area (Å²) in [4.78, 5) is 21.0. The van der Waals surface area contributed by atoms with E-state index < -0.39 is 5.54 Å². The maximum atomic E-state index is 11.1. The lowest BCUT2D eigenvalue weighted by atomic mass is 9.77. The van der Waals surface area contributed by atoms with Gasteiger partial charge in [0.1, 0.15) is 0 Å². The van der Waals surface area contributed by atoms with Gasteiger partial charge in [-0.2, -0.15) is 4.99 Å². The first-order valence-corrected chi connectivity index (χ1v) is 12.8. The standard InChI is InChI=1S/C33H24N6O/c1-24-17-18-25(22-34-24)30-20-19-29(35-23-40)21-31(30)32-36-38-39(37-32)33(26-11-5-2-6-12-26,27-13-7-3-8-14-27)28-15-9-4-10-16-28/h2-22H,1H3. The average molecular weight is 521 g/mol. The zero-order valence-corrected chi connectivity index (χ0v) is 21.7. The van der Waals surface area contributed by atoms with E-state index in [-0.39, 0.29) is 0 Å². The first-order chi connectivity index (χ1) is 19.7. The quantitative estimate of drug-likeness (QED) is 0.136. The van der Waals surface area contributed by atoms with Crippen molar-refractivity contribution in [3.63, 3.8) is 0 Å². The summed E-state index contributed by atoms with van der Waals surface area (Å²) in [5.41, 5.74) is 5.83. The molecule has 0 saturated heterocycles. The number of hydrogen-bond acceptors (Lipinski definition) is 6. The lowest BCUT2D eigenvalue weighted by Crippen LogP contribution is -2.39. The molecule has 7 nitrogen and oxygen atoms in total. The van der Waals surface area contributed by atoms with Crippen LogP contribution in [-0.4, -0.2) is 31.3 Å². The predicted octanol–water partition coefficient (Wildman–Crippen LogP) is 6.52. The molecule has 0 radical (unpaired) electrons. The second kappa shape index (κ2) is 10.7. The number of aryl methyl sites for hydroxylation is 1. The molecular weight excluding hydrogens is 496 g/mol. The van der Waals surface area contributed by atoms with Crippen LogP contribution in [0.1, 0.15) is 22.4 Å². The third-order valence-electron chi connectivity index (χ3n) is 6.93. The van der Waals surface area contributed by atoms with E-state index in [0.717, 1.165) is 33.5 Å². The van der Waals surface area contributed by atoms with Crippen molar-refractivity contribution in [2.45, 2.75) is 12.5 Å². The fourth-order valence-electron chi connectivity index (χ4n) is 5.07. The predicted molar refractivity (Wildman–Crippen MR) is 154 cm³/mol. The molecule has 7 heteroatoms. The van der Waals surface area contributed by atoms with Gasteiger partial charge >= 0.3 is 0 Å². The Morgan fingerprint density at radius 2 is 1.32 bits per heavy atom. The summed E-state index contributed by atoms with van der Waals surface area (Å²) in [5.74, 6) is 0.394. The molecule has 0 atom stereocenters. The number of aromatic nitrogens is 5. The van der Waals surface area contributed by atoms with Crippen LogP contribution in [0.2, 0.25) is 0 Å². The fourth-order valence-corrected chi connectivity index (χ4v) is 5.07. The summed E-state index contributed by atoms with van der Waals surface area (Å²) in [6.07, 6.45) is 3.43. The molecule has 0 unspecified atom stereocenters. The van der Waals surface area contributed by atoms with E-state index >= 15 is 0 Å². The van der Waals surface area contributed by atoms with Gasteiger partial charge < -0.3 is 0 Å². The van der Waals surface area contributed by atoms with Crippen molar-refractivity contribution in [1.82, 2.24) is 25.2 Å². The van der Waals surface area contributed by atoms with Gasteiger partial charge in [-0.15, -0.1) is 15.0 Å². The molecule has 0 spiro atoms. The largest absolute Gasteiger partial charge is 0.261 e. The van der Waals surface area contributed by atoms with Crippen LogP contribution in [0.5, 0.6) is 0 Å². The van der Waals surface area contributed by atoms with E-state index in [9.17, 15) is 4.79 Å². The Hall–Kier alpha value is -5.52. The van der Waals surface area contributed by atoms with Gasteiger partial charge in [0, 0.05) is 23.0 Å². The van der Waals surface area contributed by atoms with Gasteiger partial charge in [0.2, 0.25) is 11.9 Å². The third-order valence-corrected chi connectivity index (χ3v) is 6.93. The van der Waals surface area contributed by atoms with Crippen LogP contribution >= 0.6 is 0 Å². The number of pyridine rings is 1. The molecule has 0 amide bonds. The second-order valence-electron chi connectivity index (χ2n) is 9.33. The summed E-state index contributed by atoms with van der Waals surface area (Å²) in [6, 6.07) is 39.9. The molecule has 2 aromatic heterocycles. The van der Waals surface area contributed by atoms with E-state index in [0.29, 0.717) is 17.1 Å². The normalized spacial score (nSPS) is 11.1. The number of aliphatic imine (C=N–C) groups is 1. The molecule has 0 fully saturated rings. The summed E-state index contributed by atoms with van der Waals surface area (Å²) in [6.45, 7) is 1.94. The first kappa shape index (κ1) is 24.8. The molecule has 192 valence electrons. The highest BCUT2D eigenvalue weighted by molar-refractivity contribution is 5.82. The van der Waals surface area contributed by atoms with Crippen molar-refractivity contribution in [1.29, 1.82) is 0 Å². The lowest BCUT2D eigenvalue weighted by molar-refractivity contribution is 0.396. The van der Waals surface area contributed by atoms with Crippen molar-refractivity contribution >= 4 is 11.8 Å². The number of carbonyl (C=O) groups excluding carboxylic acids is 1. The van der Waals surface area contributed by atoms with Crippen LogP contribution in [-0.2, 0) is 10.3 Å². The molecule has 4 aromatic carbocycles. The van der Waals surface area contributed by atoms with Gasteiger partial charge in [0.15, 0.2) is 5.54 Å². The Labute approximate surface area is 231 Å². The molecule has 40 heavy (non-hydrogen) atoms. The van der Waals surface area contributed by atoms with E-state index in [2.05, 4.69) is 56.7 Å². The number of isocyanates is 1. The monoisotopic (exact) mass is 520 g/mol. The molecular formula is C33H24N6O. The van der Waals surface area contributed by atoms with E-state index in [1.165, 1.54) is 0 Å². The molecule has 0 aliphatic heterocycles. The smallest absolute Gasteiger partial charge is 0.240 e. The molecule has 6 rings (SSSR count). The topological polar surface area (TPSA) is 85.9 Å². The van der Waals surface area contributed by atoms with Gasteiger partial charge in [-0.05, 0) is 52.6 Å². The lowest BCUT2D eigenvalue weighted by Gasteiger charge is -2.34. The molecule has 2 heterocycles. The Kier molecular flexibility index (Phi) is 6.63. The Balaban J connectivity index is 1.62. The van der Waals surface area contributed by atoms with Gasteiger partial charge in [-0.3, -0.25) is 4.98 Å². The summed E-state index contributed by atoms with van der Waals surface area (Å²) >= 11 is 0. The van der Waals surface area contributed by atoms with E-state index in [1.807, 2.05) is 85.9 Å². The number of benzene rings is 4. The Morgan fingerprint density at radius 3 is 1.85 bits per heavy atom. The Morgan fingerprint density at radius 1 is 0.725 bits per heavy atom. The van der Waals surface area contributed by atoms with Crippen LogP contribution in [0.4, 0.5) is 5.69 Å². The highest BCUT2D eigenvalue weighted by atomic mass is 16.1. The molecule has 0 bridgehead atoms. The third kappa shape index (κ3) is 4.41.